The van der Waals surface area contributed by atoms with Crippen molar-refractivity contribution in [2.45, 2.75) is 5.16 Å². The van der Waals surface area contributed by atoms with E-state index in [1.54, 1.807) is 24.3 Å². The van der Waals surface area contributed by atoms with Crippen LogP contribution in [0.4, 0.5) is 0 Å². The number of carbonyl (C=O) groups is 1. The first kappa shape index (κ1) is 15.1. The second-order valence-corrected chi connectivity index (χ2v) is 5.02. The van der Waals surface area contributed by atoms with Crippen molar-refractivity contribution in [3.63, 3.8) is 0 Å². The number of hydrogen-bond acceptors (Lipinski definition) is 6. The van der Waals surface area contributed by atoms with Gasteiger partial charge in [-0.2, -0.15) is 0 Å². The van der Waals surface area contributed by atoms with Gasteiger partial charge >= 0.3 is 0 Å². The molecule has 0 aliphatic carbocycles. The molecular weight excluding hydrogens is 292 g/mol. The first-order chi connectivity index (χ1) is 10.2. The van der Waals surface area contributed by atoms with Gasteiger partial charge in [-0.1, -0.05) is 11.8 Å². The van der Waals surface area contributed by atoms with E-state index in [1.165, 1.54) is 24.0 Å². The average molecular weight is 306 g/mol. The fourth-order valence-corrected chi connectivity index (χ4v) is 2.18. The summed E-state index contributed by atoms with van der Waals surface area (Å²) in [5.41, 5.74) is 2.34. The van der Waals surface area contributed by atoms with E-state index >= 15 is 0 Å². The molecule has 2 rings (SSSR count). The summed E-state index contributed by atoms with van der Waals surface area (Å²) < 4.78 is 5.52. The Morgan fingerprint density at radius 1 is 1.33 bits per heavy atom. The van der Waals surface area contributed by atoms with Gasteiger partial charge in [0.25, 0.3) is 11.5 Å². The monoisotopic (exact) mass is 306 g/mol. The van der Waals surface area contributed by atoms with Crippen molar-refractivity contribution < 1.29 is 9.53 Å². The molecule has 1 aromatic heterocycles. The molecule has 4 N–H and O–H groups in total. The van der Waals surface area contributed by atoms with Crippen molar-refractivity contribution in [3.8, 4) is 5.75 Å². The second-order valence-electron chi connectivity index (χ2n) is 3.93. The third kappa shape index (κ3) is 4.62. The molecule has 0 atom stereocenters. The third-order valence-corrected chi connectivity index (χ3v) is 3.34. The zero-order valence-corrected chi connectivity index (χ0v) is 11.9. The molecule has 8 heteroatoms. The molecule has 0 saturated heterocycles. The highest BCUT2D eigenvalue weighted by molar-refractivity contribution is 7.99. The van der Waals surface area contributed by atoms with Crippen molar-refractivity contribution in [2.24, 2.45) is 5.84 Å². The summed E-state index contributed by atoms with van der Waals surface area (Å²) >= 11 is 1.39. The summed E-state index contributed by atoms with van der Waals surface area (Å²) in [6, 6.07) is 8.00. The Kier molecular flexibility index (Phi) is 5.35. The maximum Gasteiger partial charge on any atom is 0.265 e. The zero-order chi connectivity index (χ0) is 15.1. The van der Waals surface area contributed by atoms with Gasteiger partial charge in [0.05, 0.1) is 6.61 Å². The highest BCUT2D eigenvalue weighted by Gasteiger charge is 2.03. The van der Waals surface area contributed by atoms with Crippen LogP contribution in [-0.2, 0) is 0 Å². The first-order valence-electron chi connectivity index (χ1n) is 6.11. The Bertz CT molecular complexity index is 657. The number of nitrogens with two attached hydrogens (primary N) is 1. The summed E-state index contributed by atoms with van der Waals surface area (Å²) in [6.45, 7) is 0.450. The highest BCUT2D eigenvalue weighted by atomic mass is 32.2. The molecule has 0 bridgehead atoms. The number of nitrogens with one attached hydrogen (secondary N) is 2. The predicted molar refractivity (Wildman–Crippen MR) is 79.2 cm³/mol. The van der Waals surface area contributed by atoms with Gasteiger partial charge in [0.15, 0.2) is 5.16 Å². The predicted octanol–water partition coefficient (Wildman–Crippen LogP) is 0.544. The van der Waals surface area contributed by atoms with Crippen LogP contribution < -0.4 is 21.6 Å². The molecule has 1 heterocycles. The van der Waals surface area contributed by atoms with Crippen LogP contribution in [0.2, 0.25) is 0 Å². The lowest BCUT2D eigenvalue weighted by molar-refractivity contribution is 0.0953. The minimum absolute atomic E-state index is 0.179. The molecule has 1 amide bonds. The third-order valence-electron chi connectivity index (χ3n) is 2.49. The lowest BCUT2D eigenvalue weighted by atomic mass is 10.2. The minimum atomic E-state index is -0.351. The van der Waals surface area contributed by atoms with Crippen LogP contribution in [0.1, 0.15) is 10.4 Å². The van der Waals surface area contributed by atoms with Crippen molar-refractivity contribution in [1.29, 1.82) is 0 Å². The molecule has 0 unspecified atom stereocenters. The number of amides is 1. The van der Waals surface area contributed by atoms with Crippen molar-refractivity contribution in [1.82, 2.24) is 15.4 Å². The minimum Gasteiger partial charge on any atom is -0.493 e. The number of hydrogen-bond donors (Lipinski definition) is 3. The Balaban J connectivity index is 1.78. The number of aromatic amines is 1. The van der Waals surface area contributed by atoms with E-state index in [1.807, 2.05) is 0 Å². The summed E-state index contributed by atoms with van der Waals surface area (Å²) in [7, 11) is 0. The summed E-state index contributed by atoms with van der Waals surface area (Å²) in [5, 5.41) is 0.557. The molecular formula is C13H14N4O3S. The molecule has 2 aromatic rings. The Morgan fingerprint density at radius 3 is 2.76 bits per heavy atom. The van der Waals surface area contributed by atoms with Gasteiger partial charge in [0.2, 0.25) is 0 Å². The maximum absolute atomic E-state index is 11.3. The number of H-pyrrole nitrogens is 1. The molecule has 0 aliphatic rings. The van der Waals surface area contributed by atoms with Crippen LogP contribution in [0.25, 0.3) is 0 Å². The van der Waals surface area contributed by atoms with Gasteiger partial charge in [-0.05, 0) is 24.3 Å². The lowest BCUT2D eigenvalue weighted by Crippen LogP contribution is -2.29. The van der Waals surface area contributed by atoms with Gasteiger partial charge in [-0.25, -0.2) is 10.8 Å². The molecule has 7 nitrogen and oxygen atoms in total. The number of hydrazine groups is 1. The Labute approximate surface area is 124 Å². The van der Waals surface area contributed by atoms with E-state index < -0.39 is 0 Å². The summed E-state index contributed by atoms with van der Waals surface area (Å²) in [5.74, 6) is 5.98. The maximum atomic E-state index is 11.3. The van der Waals surface area contributed by atoms with Gasteiger partial charge in [0.1, 0.15) is 5.75 Å². The Hall–Kier alpha value is -2.32. The standard InChI is InChI=1S/C13H14N4O3S/c14-17-12(19)9-1-3-10(4-2-9)20-7-8-21-13-15-6-5-11(18)16-13/h1-6H,7-8,14H2,(H,17,19)(H,15,16,18). The number of carbonyl (C=O) groups excluding carboxylic acids is 1. The molecule has 1 aromatic carbocycles. The van der Waals surface area contributed by atoms with E-state index in [0.717, 1.165) is 0 Å². The zero-order valence-electron chi connectivity index (χ0n) is 11.0. The molecule has 0 radical (unpaired) electrons. The van der Waals surface area contributed by atoms with Gasteiger partial charge in [0, 0.05) is 23.6 Å². The Morgan fingerprint density at radius 2 is 2.10 bits per heavy atom. The van der Waals surface area contributed by atoms with Crippen molar-refractivity contribution in [3.05, 3.63) is 52.4 Å². The van der Waals surface area contributed by atoms with E-state index in [9.17, 15) is 9.59 Å². The molecule has 21 heavy (non-hydrogen) atoms. The number of nitrogens with zero attached hydrogens (tertiary/aromatic N) is 1. The van der Waals surface area contributed by atoms with Gasteiger partial charge in [-0.15, -0.1) is 0 Å². The number of ether oxygens (including phenoxy) is 1. The summed E-state index contributed by atoms with van der Waals surface area (Å²) in [4.78, 5) is 29.0. The molecule has 110 valence electrons. The van der Waals surface area contributed by atoms with Crippen LogP contribution in [0.5, 0.6) is 5.75 Å². The van der Waals surface area contributed by atoms with Crippen LogP contribution in [0.3, 0.4) is 0 Å². The normalized spacial score (nSPS) is 10.1. The van der Waals surface area contributed by atoms with E-state index in [-0.39, 0.29) is 11.5 Å². The molecule has 0 fully saturated rings. The number of rotatable bonds is 6. The van der Waals surface area contributed by atoms with Crippen molar-refractivity contribution in [2.75, 3.05) is 12.4 Å². The fourth-order valence-electron chi connectivity index (χ4n) is 1.51. The number of aromatic nitrogens is 2. The summed E-state index contributed by atoms with van der Waals surface area (Å²) in [6.07, 6.45) is 1.46. The van der Waals surface area contributed by atoms with E-state index in [0.29, 0.717) is 28.8 Å². The van der Waals surface area contributed by atoms with Crippen LogP contribution in [-0.4, -0.2) is 28.2 Å². The number of thioether (sulfide) groups is 1. The largest absolute Gasteiger partial charge is 0.493 e. The quantitative estimate of drug-likeness (QED) is 0.179. The SMILES string of the molecule is NNC(=O)c1ccc(OCCSc2nccc(=O)[nH]2)cc1. The van der Waals surface area contributed by atoms with Crippen LogP contribution in [0, 0.1) is 0 Å². The van der Waals surface area contributed by atoms with Crippen LogP contribution in [0.15, 0.2) is 46.5 Å². The number of nitrogen functional groups attached to an aromatic ring is 1. The highest BCUT2D eigenvalue weighted by Crippen LogP contribution is 2.14. The first-order valence-corrected chi connectivity index (χ1v) is 7.09. The smallest absolute Gasteiger partial charge is 0.265 e. The van der Waals surface area contributed by atoms with Gasteiger partial charge < -0.3 is 9.72 Å². The fraction of sp³-hybridized carbons (Fsp3) is 0.154. The second kappa shape index (κ2) is 7.46. The van der Waals surface area contributed by atoms with E-state index in [2.05, 4.69) is 15.4 Å². The van der Waals surface area contributed by atoms with Crippen molar-refractivity contribution >= 4 is 17.7 Å². The van der Waals surface area contributed by atoms with E-state index in [4.69, 9.17) is 10.6 Å². The molecule has 0 aliphatic heterocycles. The lowest BCUT2D eigenvalue weighted by Gasteiger charge is -2.06. The molecule has 0 saturated carbocycles. The average Bonchev–Trinajstić information content (AvgIpc) is 2.51. The topological polar surface area (TPSA) is 110 Å². The molecule has 0 spiro atoms. The van der Waals surface area contributed by atoms with Crippen LogP contribution >= 0.6 is 11.8 Å². The van der Waals surface area contributed by atoms with Gasteiger partial charge in [-0.3, -0.25) is 15.0 Å². The number of benzene rings is 1.